The van der Waals surface area contributed by atoms with Crippen LogP contribution in [0.2, 0.25) is 0 Å². The van der Waals surface area contributed by atoms with Gasteiger partial charge in [-0.3, -0.25) is 4.79 Å². The molecule has 3 nitrogen and oxygen atoms in total. The van der Waals surface area contributed by atoms with Crippen LogP contribution in [0.25, 0.3) is 11.1 Å². The zero-order valence-corrected chi connectivity index (χ0v) is 20.8. The minimum absolute atomic E-state index is 0.0705. The van der Waals surface area contributed by atoms with Crippen LogP contribution in [0.4, 0.5) is 13.2 Å². The normalized spacial score (nSPS) is 14.5. The lowest BCUT2D eigenvalue weighted by atomic mass is 9.84. The number of carboxylic acids is 1. The van der Waals surface area contributed by atoms with Crippen molar-refractivity contribution < 1.29 is 27.8 Å². The highest BCUT2D eigenvalue weighted by Gasteiger charge is 2.35. The Morgan fingerprint density at radius 1 is 1.03 bits per heavy atom. The lowest BCUT2D eigenvalue weighted by Gasteiger charge is -2.22. The molecule has 1 aliphatic carbocycles. The molecule has 3 aromatic carbocycles. The molecule has 190 valence electrons. The van der Waals surface area contributed by atoms with E-state index in [0.717, 1.165) is 36.1 Å². The number of hydrogen-bond donors (Lipinski definition) is 1. The van der Waals surface area contributed by atoms with E-state index >= 15 is 4.39 Å². The van der Waals surface area contributed by atoms with Crippen LogP contribution in [0.5, 0.6) is 5.75 Å². The first kappa shape index (κ1) is 25.8. The summed E-state index contributed by atoms with van der Waals surface area (Å²) in [5, 5.41) is 9.28. The van der Waals surface area contributed by atoms with Crippen LogP contribution in [0.3, 0.4) is 0 Å². The third-order valence-corrected chi connectivity index (χ3v) is 6.48. The lowest BCUT2D eigenvalue weighted by Crippen LogP contribution is -2.12. The molecule has 6 heteroatoms. The van der Waals surface area contributed by atoms with E-state index in [0.29, 0.717) is 17.5 Å². The summed E-state index contributed by atoms with van der Waals surface area (Å²) in [5.41, 5.74) is 2.69. The summed E-state index contributed by atoms with van der Waals surface area (Å²) in [4.78, 5) is 11.3. The third-order valence-electron chi connectivity index (χ3n) is 6.48. The third kappa shape index (κ3) is 6.28. The molecule has 0 aliphatic heterocycles. The molecule has 0 heterocycles. The van der Waals surface area contributed by atoms with Crippen LogP contribution >= 0.6 is 0 Å². The first-order valence-electron chi connectivity index (χ1n) is 12.2. The van der Waals surface area contributed by atoms with E-state index in [1.165, 1.54) is 12.1 Å². The number of carboxylic acid groups (broad SMARTS) is 1. The van der Waals surface area contributed by atoms with Crippen molar-refractivity contribution in [2.45, 2.75) is 59.0 Å². The second-order valence-corrected chi connectivity index (χ2v) is 10.8. The molecular formula is C30H31F3O3. The summed E-state index contributed by atoms with van der Waals surface area (Å²) in [6.45, 7) is 6.28. The van der Waals surface area contributed by atoms with Gasteiger partial charge in [-0.2, -0.15) is 0 Å². The number of benzene rings is 3. The van der Waals surface area contributed by atoms with Gasteiger partial charge in [0, 0.05) is 11.5 Å². The fourth-order valence-corrected chi connectivity index (χ4v) is 4.73. The smallest absolute Gasteiger partial charge is 0.303 e. The second kappa shape index (κ2) is 10.4. The van der Waals surface area contributed by atoms with Gasteiger partial charge in [0.25, 0.3) is 0 Å². The summed E-state index contributed by atoms with van der Waals surface area (Å²) in [7, 11) is 0. The molecule has 1 saturated carbocycles. The van der Waals surface area contributed by atoms with Gasteiger partial charge in [0.15, 0.2) is 11.6 Å². The molecule has 3 aromatic rings. The second-order valence-electron chi connectivity index (χ2n) is 10.8. The van der Waals surface area contributed by atoms with Crippen molar-refractivity contribution in [1.29, 1.82) is 0 Å². The molecule has 1 N–H and O–H groups in total. The summed E-state index contributed by atoms with van der Waals surface area (Å²) < 4.78 is 49.6. The molecule has 0 amide bonds. The Hall–Kier alpha value is -3.28. The molecule has 36 heavy (non-hydrogen) atoms. The average molecular weight is 497 g/mol. The van der Waals surface area contributed by atoms with E-state index in [9.17, 15) is 18.7 Å². The van der Waals surface area contributed by atoms with Gasteiger partial charge in [0.1, 0.15) is 18.2 Å². The molecule has 4 rings (SSSR count). The number of rotatable bonds is 9. The van der Waals surface area contributed by atoms with Gasteiger partial charge in [0.05, 0.1) is 6.42 Å². The maximum absolute atomic E-state index is 15.3. The van der Waals surface area contributed by atoms with Crippen molar-refractivity contribution >= 4 is 5.97 Å². The molecule has 1 atom stereocenters. The van der Waals surface area contributed by atoms with Crippen molar-refractivity contribution in [2.24, 2.45) is 11.3 Å². The van der Waals surface area contributed by atoms with Gasteiger partial charge in [0.2, 0.25) is 0 Å². The quantitative estimate of drug-likeness (QED) is 0.327. The van der Waals surface area contributed by atoms with E-state index in [2.05, 4.69) is 20.8 Å². The highest BCUT2D eigenvalue weighted by molar-refractivity contribution is 5.69. The maximum atomic E-state index is 15.3. The van der Waals surface area contributed by atoms with Crippen molar-refractivity contribution in [1.82, 2.24) is 0 Å². The molecule has 1 aliphatic rings. The fraction of sp³-hybridized carbons (Fsp3) is 0.367. The van der Waals surface area contributed by atoms with Gasteiger partial charge < -0.3 is 9.84 Å². The standard InChI is InChI=1S/C30H31F3O3/c1-30(2,3)16-20-13-18(7-11-22(20)25-14-21(31)10-12-26(25)32)17-36-27-6-4-5-23(29(27)33)24(15-28(34)35)19-8-9-19/h4-7,10-14,19,24H,8-9,15-17H2,1-3H3,(H,34,35). The molecule has 0 bridgehead atoms. The van der Waals surface area contributed by atoms with Crippen molar-refractivity contribution in [3.63, 3.8) is 0 Å². The molecule has 0 radical (unpaired) electrons. The molecule has 0 saturated heterocycles. The Morgan fingerprint density at radius 3 is 2.44 bits per heavy atom. The number of hydrogen-bond acceptors (Lipinski definition) is 2. The highest BCUT2D eigenvalue weighted by Crippen LogP contribution is 2.46. The van der Waals surface area contributed by atoms with Crippen LogP contribution in [-0.4, -0.2) is 11.1 Å². The first-order chi connectivity index (χ1) is 17.0. The van der Waals surface area contributed by atoms with Crippen LogP contribution in [0.1, 0.15) is 62.6 Å². The van der Waals surface area contributed by atoms with Crippen molar-refractivity contribution in [2.75, 3.05) is 0 Å². The number of halogens is 3. The summed E-state index contributed by atoms with van der Waals surface area (Å²) >= 11 is 0. The van der Waals surface area contributed by atoms with Crippen molar-refractivity contribution in [3.8, 4) is 16.9 Å². The number of ether oxygens (including phenoxy) is 1. The zero-order chi connectivity index (χ0) is 26.0. The van der Waals surface area contributed by atoms with Crippen LogP contribution in [0.15, 0.2) is 54.6 Å². The van der Waals surface area contributed by atoms with Gasteiger partial charge in [-0.25, -0.2) is 13.2 Å². The SMILES string of the molecule is CC(C)(C)Cc1cc(COc2cccc(C(CC(=O)O)C3CC3)c2F)ccc1-c1cc(F)ccc1F. The number of carbonyl (C=O) groups is 1. The van der Waals surface area contributed by atoms with Gasteiger partial charge in [-0.1, -0.05) is 51.1 Å². The summed E-state index contributed by atoms with van der Waals surface area (Å²) in [6.07, 6.45) is 2.31. The first-order valence-corrected chi connectivity index (χ1v) is 12.2. The highest BCUT2D eigenvalue weighted by atomic mass is 19.1. The Balaban J connectivity index is 1.60. The molecule has 1 unspecified atom stereocenters. The molecular weight excluding hydrogens is 465 g/mol. The Kier molecular flexibility index (Phi) is 7.43. The predicted molar refractivity (Wildman–Crippen MR) is 133 cm³/mol. The lowest BCUT2D eigenvalue weighted by molar-refractivity contribution is -0.137. The Bertz CT molecular complexity index is 1260. The molecule has 0 aromatic heterocycles. The van der Waals surface area contributed by atoms with Crippen LogP contribution in [-0.2, 0) is 17.8 Å². The van der Waals surface area contributed by atoms with E-state index in [1.807, 2.05) is 6.07 Å². The largest absolute Gasteiger partial charge is 0.486 e. The van der Waals surface area contributed by atoms with E-state index in [1.54, 1.807) is 24.3 Å². The van der Waals surface area contributed by atoms with Crippen LogP contribution < -0.4 is 4.74 Å². The Morgan fingerprint density at radius 2 is 1.78 bits per heavy atom. The van der Waals surface area contributed by atoms with Gasteiger partial charge in [-0.15, -0.1) is 0 Å². The topological polar surface area (TPSA) is 46.5 Å². The zero-order valence-electron chi connectivity index (χ0n) is 20.8. The van der Waals surface area contributed by atoms with E-state index in [-0.39, 0.29) is 41.6 Å². The average Bonchev–Trinajstić information content (AvgIpc) is 3.63. The van der Waals surface area contributed by atoms with Crippen LogP contribution in [0, 0.1) is 28.8 Å². The molecule has 0 spiro atoms. The summed E-state index contributed by atoms with van der Waals surface area (Å²) in [6, 6.07) is 13.7. The number of aliphatic carboxylic acids is 1. The van der Waals surface area contributed by atoms with Crippen molar-refractivity contribution in [3.05, 3.63) is 88.7 Å². The van der Waals surface area contributed by atoms with Gasteiger partial charge in [-0.05, 0) is 77.1 Å². The van der Waals surface area contributed by atoms with Gasteiger partial charge >= 0.3 is 5.97 Å². The fourth-order valence-electron chi connectivity index (χ4n) is 4.73. The minimum Gasteiger partial charge on any atom is -0.486 e. The maximum Gasteiger partial charge on any atom is 0.303 e. The monoisotopic (exact) mass is 496 g/mol. The van der Waals surface area contributed by atoms with E-state index < -0.39 is 23.4 Å². The summed E-state index contributed by atoms with van der Waals surface area (Å²) in [5.74, 6) is -2.60. The molecule has 1 fully saturated rings. The Labute approximate surface area is 209 Å². The predicted octanol–water partition coefficient (Wildman–Crippen LogP) is 7.91. The minimum atomic E-state index is -0.946. The van der Waals surface area contributed by atoms with E-state index in [4.69, 9.17) is 4.74 Å².